The Hall–Kier alpha value is -1.16. The summed E-state index contributed by atoms with van der Waals surface area (Å²) in [5.74, 6) is 3.83. The molecule has 4 saturated carbocycles. The third-order valence-corrected chi connectivity index (χ3v) is 9.03. The van der Waals surface area contributed by atoms with Crippen molar-refractivity contribution in [3.05, 3.63) is 63.6 Å². The molecule has 0 aromatic heterocycles. The summed E-state index contributed by atoms with van der Waals surface area (Å²) in [4.78, 5) is 12.4. The first-order valence-corrected chi connectivity index (χ1v) is 12.8. The minimum atomic E-state index is 0.00531. The molecule has 0 unspecified atom stereocenters. The summed E-state index contributed by atoms with van der Waals surface area (Å²) in [6, 6.07) is 14.2. The largest absolute Gasteiger partial charge is 0.325 e. The topological polar surface area (TPSA) is 29.1 Å². The van der Waals surface area contributed by atoms with Crippen LogP contribution in [0.4, 0.5) is 5.69 Å². The molecule has 1 N–H and O–H groups in total. The van der Waals surface area contributed by atoms with Gasteiger partial charge in [-0.1, -0.05) is 41.4 Å². The van der Waals surface area contributed by atoms with Gasteiger partial charge >= 0.3 is 0 Å². The van der Waals surface area contributed by atoms with E-state index >= 15 is 0 Å². The number of anilines is 1. The Morgan fingerprint density at radius 3 is 2.07 bits per heavy atom. The fraction of sp³-hybridized carbons (Fsp3) is 0.480. The summed E-state index contributed by atoms with van der Waals surface area (Å²) in [5.41, 5.74) is 3.66. The van der Waals surface area contributed by atoms with Gasteiger partial charge in [-0.15, -0.1) is 11.8 Å². The lowest BCUT2D eigenvalue weighted by atomic mass is 9.48. The third-order valence-electron chi connectivity index (χ3n) is 7.36. The number of carbonyl (C=O) groups is 1. The molecule has 0 atom stereocenters. The van der Waals surface area contributed by atoms with Gasteiger partial charge in [0, 0.05) is 21.5 Å². The highest BCUT2D eigenvalue weighted by Gasteiger charge is 2.51. The summed E-state index contributed by atoms with van der Waals surface area (Å²) in [6.07, 6.45) is 8.49. The van der Waals surface area contributed by atoms with Gasteiger partial charge in [-0.3, -0.25) is 4.79 Å². The molecule has 6 rings (SSSR count). The molecular weight excluding hydrogens is 433 g/mol. The molecule has 2 nitrogen and oxygen atoms in total. The Labute approximate surface area is 193 Å². The maximum atomic E-state index is 12.4. The van der Waals surface area contributed by atoms with Crippen LogP contribution in [0.2, 0.25) is 10.0 Å². The van der Waals surface area contributed by atoms with Crippen LogP contribution in [0, 0.1) is 17.8 Å². The van der Waals surface area contributed by atoms with Crippen LogP contribution in [-0.2, 0) is 16.0 Å². The zero-order chi connectivity index (χ0) is 20.7. The Bertz CT molecular complexity index is 887. The van der Waals surface area contributed by atoms with Gasteiger partial charge in [-0.2, -0.15) is 0 Å². The molecule has 2 aromatic rings. The molecule has 5 heteroatoms. The number of halogens is 2. The fourth-order valence-corrected chi connectivity index (χ4v) is 8.05. The lowest BCUT2D eigenvalue weighted by Gasteiger charge is -2.57. The van der Waals surface area contributed by atoms with Crippen LogP contribution in [0.1, 0.15) is 49.7 Å². The molecule has 0 spiro atoms. The standard InChI is InChI=1S/C25H27Cl2NOS/c26-22-2-1-3-23(27)21(22)14-30-15-24(29)28-20-6-4-19(5-7-20)25-11-16-8-17(12-25)10-18(9-16)13-25/h1-7,16-18H,8-15H2,(H,28,29). The molecular formula is C25H27Cl2NOS. The minimum absolute atomic E-state index is 0.00531. The SMILES string of the molecule is O=C(CSCc1c(Cl)cccc1Cl)Nc1ccc(C23CC4CC(CC(C4)C2)C3)cc1. The number of hydrogen-bond acceptors (Lipinski definition) is 2. The highest BCUT2D eigenvalue weighted by molar-refractivity contribution is 7.99. The van der Waals surface area contributed by atoms with E-state index in [1.165, 1.54) is 55.9 Å². The smallest absolute Gasteiger partial charge is 0.234 e. The predicted molar refractivity (Wildman–Crippen MR) is 128 cm³/mol. The zero-order valence-electron chi connectivity index (χ0n) is 17.0. The third kappa shape index (κ3) is 4.13. The molecule has 1 amide bonds. The summed E-state index contributed by atoms with van der Waals surface area (Å²) in [7, 11) is 0. The molecule has 0 radical (unpaired) electrons. The summed E-state index contributed by atoms with van der Waals surface area (Å²) in [6.45, 7) is 0. The molecule has 0 aliphatic heterocycles. The molecule has 4 bridgehead atoms. The van der Waals surface area contributed by atoms with Crippen molar-refractivity contribution >= 4 is 46.6 Å². The fourth-order valence-electron chi connectivity index (χ4n) is 6.48. The summed E-state index contributed by atoms with van der Waals surface area (Å²) >= 11 is 13.9. The van der Waals surface area contributed by atoms with Gasteiger partial charge in [0.25, 0.3) is 0 Å². The molecule has 0 heterocycles. The van der Waals surface area contributed by atoms with Crippen LogP contribution in [0.15, 0.2) is 42.5 Å². The van der Waals surface area contributed by atoms with Crippen molar-refractivity contribution in [2.75, 3.05) is 11.1 Å². The Kier molecular flexibility index (Phi) is 5.81. The van der Waals surface area contributed by atoms with Crippen molar-refractivity contribution in [2.24, 2.45) is 17.8 Å². The van der Waals surface area contributed by atoms with E-state index in [1.807, 2.05) is 18.2 Å². The van der Waals surface area contributed by atoms with Crippen molar-refractivity contribution in [1.82, 2.24) is 0 Å². The van der Waals surface area contributed by atoms with Crippen LogP contribution in [-0.4, -0.2) is 11.7 Å². The number of hydrogen-bond donors (Lipinski definition) is 1. The van der Waals surface area contributed by atoms with E-state index in [0.717, 1.165) is 29.0 Å². The number of carbonyl (C=O) groups excluding carboxylic acids is 1. The lowest BCUT2D eigenvalue weighted by Crippen LogP contribution is -2.48. The highest BCUT2D eigenvalue weighted by Crippen LogP contribution is 2.60. The van der Waals surface area contributed by atoms with Crippen LogP contribution >= 0.6 is 35.0 Å². The van der Waals surface area contributed by atoms with Gasteiger partial charge in [0.1, 0.15) is 0 Å². The van der Waals surface area contributed by atoms with Crippen molar-refractivity contribution < 1.29 is 4.79 Å². The maximum Gasteiger partial charge on any atom is 0.234 e. The quantitative estimate of drug-likeness (QED) is 0.489. The number of nitrogens with one attached hydrogen (secondary N) is 1. The lowest BCUT2D eigenvalue weighted by molar-refractivity contribution is -0.113. The van der Waals surface area contributed by atoms with E-state index in [1.54, 1.807) is 0 Å². The van der Waals surface area contributed by atoms with E-state index < -0.39 is 0 Å². The van der Waals surface area contributed by atoms with E-state index in [4.69, 9.17) is 23.2 Å². The van der Waals surface area contributed by atoms with Crippen LogP contribution < -0.4 is 5.32 Å². The molecule has 4 aliphatic rings. The van der Waals surface area contributed by atoms with Crippen LogP contribution in [0.5, 0.6) is 0 Å². The number of thioether (sulfide) groups is 1. The first kappa shape index (κ1) is 20.7. The van der Waals surface area contributed by atoms with Gasteiger partial charge in [0.15, 0.2) is 0 Å². The van der Waals surface area contributed by atoms with Crippen molar-refractivity contribution in [1.29, 1.82) is 0 Å². The zero-order valence-corrected chi connectivity index (χ0v) is 19.3. The van der Waals surface area contributed by atoms with Gasteiger partial charge in [0.2, 0.25) is 5.91 Å². The molecule has 4 fully saturated rings. The number of amides is 1. The Morgan fingerprint density at radius 2 is 1.50 bits per heavy atom. The second-order valence-corrected chi connectivity index (χ2v) is 11.3. The molecule has 30 heavy (non-hydrogen) atoms. The second kappa shape index (κ2) is 8.41. The van der Waals surface area contributed by atoms with E-state index in [-0.39, 0.29) is 5.91 Å². The first-order valence-electron chi connectivity index (χ1n) is 10.9. The normalized spacial score (nSPS) is 29.2. The molecule has 158 valence electrons. The highest BCUT2D eigenvalue weighted by atomic mass is 35.5. The molecule has 4 aliphatic carbocycles. The number of benzene rings is 2. The Balaban J connectivity index is 1.17. The van der Waals surface area contributed by atoms with Crippen molar-refractivity contribution in [3.63, 3.8) is 0 Å². The average Bonchev–Trinajstić information content (AvgIpc) is 2.70. The van der Waals surface area contributed by atoms with Gasteiger partial charge in [0.05, 0.1) is 5.75 Å². The first-order chi connectivity index (χ1) is 14.5. The molecule has 2 aromatic carbocycles. The molecule has 0 saturated heterocycles. The minimum Gasteiger partial charge on any atom is -0.325 e. The van der Waals surface area contributed by atoms with Crippen molar-refractivity contribution in [2.45, 2.75) is 49.7 Å². The van der Waals surface area contributed by atoms with Gasteiger partial charge < -0.3 is 5.32 Å². The van der Waals surface area contributed by atoms with E-state index in [2.05, 4.69) is 29.6 Å². The van der Waals surface area contributed by atoms with Gasteiger partial charge in [-0.25, -0.2) is 0 Å². The monoisotopic (exact) mass is 459 g/mol. The van der Waals surface area contributed by atoms with E-state index in [9.17, 15) is 4.79 Å². The predicted octanol–water partition coefficient (Wildman–Crippen LogP) is 7.33. The Morgan fingerprint density at radius 1 is 0.933 bits per heavy atom. The summed E-state index contributed by atoms with van der Waals surface area (Å²) in [5, 5.41) is 4.33. The number of rotatable bonds is 6. The maximum absolute atomic E-state index is 12.4. The second-order valence-electron chi connectivity index (χ2n) is 9.52. The van der Waals surface area contributed by atoms with Crippen LogP contribution in [0.3, 0.4) is 0 Å². The van der Waals surface area contributed by atoms with Crippen LogP contribution in [0.25, 0.3) is 0 Å². The van der Waals surface area contributed by atoms with Gasteiger partial charge in [-0.05, 0) is 97.1 Å². The van der Waals surface area contributed by atoms with Crippen molar-refractivity contribution in [3.8, 4) is 0 Å². The van der Waals surface area contributed by atoms with E-state index in [0.29, 0.717) is 27.0 Å². The summed E-state index contributed by atoms with van der Waals surface area (Å²) < 4.78 is 0. The average molecular weight is 460 g/mol.